The monoisotopic (exact) mass is 322 g/mol. The molecule has 0 saturated carbocycles. The third kappa shape index (κ3) is 3.30. The molecule has 0 atom stereocenters. The van der Waals surface area contributed by atoms with Gasteiger partial charge in [-0.2, -0.15) is 0 Å². The number of primary amides is 1. The molecule has 5 heteroatoms. The molecule has 0 aliphatic heterocycles. The lowest BCUT2D eigenvalue weighted by Crippen LogP contribution is -2.16. The van der Waals surface area contributed by atoms with Crippen molar-refractivity contribution < 1.29 is 9.59 Å². The van der Waals surface area contributed by atoms with E-state index in [2.05, 4.69) is 5.32 Å². The van der Waals surface area contributed by atoms with Gasteiger partial charge in [0.25, 0.3) is 11.8 Å². The number of nitrogens with two attached hydrogens (primary N) is 1. The van der Waals surface area contributed by atoms with Gasteiger partial charge in [0.15, 0.2) is 0 Å². The van der Waals surface area contributed by atoms with E-state index >= 15 is 0 Å². The van der Waals surface area contributed by atoms with Crippen LogP contribution in [0.4, 0.5) is 5.00 Å². The molecule has 1 aromatic heterocycles. The summed E-state index contributed by atoms with van der Waals surface area (Å²) in [5.41, 5.74) is 8.25. The molecule has 0 radical (unpaired) electrons. The Labute approximate surface area is 137 Å². The molecular weight excluding hydrogens is 308 g/mol. The minimum absolute atomic E-state index is 0.269. The summed E-state index contributed by atoms with van der Waals surface area (Å²) in [6.07, 6.45) is 0. The van der Waals surface area contributed by atoms with E-state index in [0.717, 1.165) is 11.1 Å². The predicted molar refractivity (Wildman–Crippen MR) is 92.7 cm³/mol. The number of rotatable bonds is 4. The van der Waals surface area contributed by atoms with Crippen LogP contribution in [0.15, 0.2) is 66.0 Å². The summed E-state index contributed by atoms with van der Waals surface area (Å²) in [6, 6.07) is 18.8. The third-order valence-corrected chi connectivity index (χ3v) is 4.24. The van der Waals surface area contributed by atoms with Crippen molar-refractivity contribution in [2.75, 3.05) is 5.32 Å². The second-order valence-corrected chi connectivity index (χ2v) is 5.84. The number of hydrogen-bond donors (Lipinski definition) is 2. The highest BCUT2D eigenvalue weighted by atomic mass is 32.1. The molecule has 3 rings (SSSR count). The molecule has 4 nitrogen and oxygen atoms in total. The molecule has 0 aliphatic carbocycles. The summed E-state index contributed by atoms with van der Waals surface area (Å²) >= 11 is 1.27. The molecule has 0 unspecified atom stereocenters. The number of nitrogens with one attached hydrogen (secondary N) is 1. The Balaban J connectivity index is 1.78. The maximum atomic E-state index is 12.3. The maximum absolute atomic E-state index is 12.3. The van der Waals surface area contributed by atoms with Gasteiger partial charge in [0, 0.05) is 5.56 Å². The summed E-state index contributed by atoms with van der Waals surface area (Å²) in [5, 5.41) is 4.91. The van der Waals surface area contributed by atoms with Crippen LogP contribution in [0.1, 0.15) is 20.7 Å². The normalized spacial score (nSPS) is 10.3. The van der Waals surface area contributed by atoms with Crippen LogP contribution in [0.2, 0.25) is 0 Å². The zero-order valence-corrected chi connectivity index (χ0v) is 13.0. The Morgan fingerprint density at radius 2 is 1.52 bits per heavy atom. The summed E-state index contributed by atoms with van der Waals surface area (Å²) in [7, 11) is 0. The van der Waals surface area contributed by atoms with E-state index in [4.69, 9.17) is 5.73 Å². The second-order valence-electron chi connectivity index (χ2n) is 4.93. The molecule has 0 bridgehead atoms. The van der Waals surface area contributed by atoms with Crippen LogP contribution in [0.3, 0.4) is 0 Å². The quantitative estimate of drug-likeness (QED) is 0.767. The van der Waals surface area contributed by atoms with Crippen molar-refractivity contribution in [3.63, 3.8) is 0 Å². The van der Waals surface area contributed by atoms with Crippen molar-refractivity contribution in [1.29, 1.82) is 0 Å². The molecule has 0 spiro atoms. The summed E-state index contributed by atoms with van der Waals surface area (Å²) in [5.74, 6) is -0.824. The first-order valence-electron chi connectivity index (χ1n) is 6.99. The Hall–Kier alpha value is -2.92. The van der Waals surface area contributed by atoms with Gasteiger partial charge in [-0.15, -0.1) is 11.3 Å². The number of hydrogen-bond acceptors (Lipinski definition) is 3. The molecule has 0 fully saturated rings. The standard InChI is InChI=1S/C18H14N2O2S/c19-16(21)15-10-11-23-18(15)20-17(22)14-8-6-13(7-9-14)12-4-2-1-3-5-12/h1-11H,(H2,19,21)(H,20,22). The topological polar surface area (TPSA) is 72.2 Å². The highest BCUT2D eigenvalue weighted by Gasteiger charge is 2.13. The van der Waals surface area contributed by atoms with Gasteiger partial charge in [0.2, 0.25) is 0 Å². The van der Waals surface area contributed by atoms with Gasteiger partial charge in [0.1, 0.15) is 5.00 Å². The lowest BCUT2D eigenvalue weighted by Gasteiger charge is -2.06. The van der Waals surface area contributed by atoms with Gasteiger partial charge in [-0.25, -0.2) is 0 Å². The number of amides is 2. The van der Waals surface area contributed by atoms with E-state index in [0.29, 0.717) is 16.1 Å². The van der Waals surface area contributed by atoms with Gasteiger partial charge < -0.3 is 11.1 Å². The Morgan fingerprint density at radius 3 is 2.17 bits per heavy atom. The molecule has 0 aliphatic rings. The fraction of sp³-hybridized carbons (Fsp3) is 0. The van der Waals surface area contributed by atoms with Crippen LogP contribution in [-0.4, -0.2) is 11.8 Å². The average molecular weight is 322 g/mol. The van der Waals surface area contributed by atoms with Crippen molar-refractivity contribution in [2.24, 2.45) is 5.73 Å². The zero-order chi connectivity index (χ0) is 16.2. The van der Waals surface area contributed by atoms with Crippen LogP contribution in [0, 0.1) is 0 Å². The third-order valence-electron chi connectivity index (χ3n) is 3.41. The minimum Gasteiger partial charge on any atom is -0.366 e. The molecule has 2 amide bonds. The summed E-state index contributed by atoms with van der Waals surface area (Å²) in [4.78, 5) is 23.6. The Bertz CT molecular complexity index is 839. The van der Waals surface area contributed by atoms with Gasteiger partial charge in [-0.3, -0.25) is 9.59 Å². The highest BCUT2D eigenvalue weighted by molar-refractivity contribution is 7.14. The van der Waals surface area contributed by atoms with E-state index in [1.165, 1.54) is 11.3 Å². The van der Waals surface area contributed by atoms with Crippen molar-refractivity contribution in [2.45, 2.75) is 0 Å². The molecule has 2 aromatic carbocycles. The summed E-state index contributed by atoms with van der Waals surface area (Å²) < 4.78 is 0. The average Bonchev–Trinajstić information content (AvgIpc) is 3.04. The molecule has 1 heterocycles. The molecule has 3 N–H and O–H groups in total. The van der Waals surface area contributed by atoms with Gasteiger partial charge >= 0.3 is 0 Å². The number of carbonyl (C=O) groups is 2. The highest BCUT2D eigenvalue weighted by Crippen LogP contribution is 2.24. The maximum Gasteiger partial charge on any atom is 0.256 e. The van der Waals surface area contributed by atoms with Crippen LogP contribution in [0.5, 0.6) is 0 Å². The SMILES string of the molecule is NC(=O)c1ccsc1NC(=O)c1ccc(-c2ccccc2)cc1. The lowest BCUT2D eigenvalue weighted by molar-refractivity contribution is 0.100. The molecule has 114 valence electrons. The molecular formula is C18H14N2O2S. The fourth-order valence-corrected chi connectivity index (χ4v) is 3.01. The van der Waals surface area contributed by atoms with E-state index in [9.17, 15) is 9.59 Å². The van der Waals surface area contributed by atoms with Crippen LogP contribution >= 0.6 is 11.3 Å². The Kier molecular flexibility index (Phi) is 4.21. The van der Waals surface area contributed by atoms with Gasteiger partial charge in [-0.1, -0.05) is 42.5 Å². The van der Waals surface area contributed by atoms with Crippen molar-refractivity contribution in [3.05, 3.63) is 77.2 Å². The first kappa shape index (κ1) is 15.0. The van der Waals surface area contributed by atoms with E-state index in [1.807, 2.05) is 42.5 Å². The Morgan fingerprint density at radius 1 is 0.870 bits per heavy atom. The van der Waals surface area contributed by atoms with Gasteiger partial charge in [0.05, 0.1) is 5.56 Å². The van der Waals surface area contributed by atoms with E-state index < -0.39 is 5.91 Å². The molecule has 23 heavy (non-hydrogen) atoms. The van der Waals surface area contributed by atoms with Crippen LogP contribution < -0.4 is 11.1 Å². The summed E-state index contributed by atoms with van der Waals surface area (Å²) in [6.45, 7) is 0. The van der Waals surface area contributed by atoms with E-state index in [-0.39, 0.29) is 5.91 Å². The van der Waals surface area contributed by atoms with E-state index in [1.54, 1.807) is 23.6 Å². The molecule has 0 saturated heterocycles. The van der Waals surface area contributed by atoms with Crippen molar-refractivity contribution >= 4 is 28.2 Å². The predicted octanol–water partition coefficient (Wildman–Crippen LogP) is 3.77. The van der Waals surface area contributed by atoms with Crippen molar-refractivity contribution in [1.82, 2.24) is 0 Å². The lowest BCUT2D eigenvalue weighted by atomic mass is 10.0. The van der Waals surface area contributed by atoms with Crippen LogP contribution in [0.25, 0.3) is 11.1 Å². The number of carbonyl (C=O) groups excluding carboxylic acids is 2. The smallest absolute Gasteiger partial charge is 0.256 e. The minimum atomic E-state index is -0.555. The first-order valence-corrected chi connectivity index (χ1v) is 7.87. The van der Waals surface area contributed by atoms with Gasteiger partial charge in [-0.05, 0) is 34.7 Å². The zero-order valence-electron chi connectivity index (χ0n) is 12.2. The second kappa shape index (κ2) is 6.46. The fourth-order valence-electron chi connectivity index (χ4n) is 2.22. The number of benzene rings is 2. The number of anilines is 1. The molecule has 3 aromatic rings. The largest absolute Gasteiger partial charge is 0.366 e. The number of thiophene rings is 1. The van der Waals surface area contributed by atoms with Crippen LogP contribution in [-0.2, 0) is 0 Å². The van der Waals surface area contributed by atoms with Crippen molar-refractivity contribution in [3.8, 4) is 11.1 Å². The first-order chi connectivity index (χ1) is 11.1.